The van der Waals surface area contributed by atoms with Crippen LogP contribution < -0.4 is 4.74 Å². The van der Waals surface area contributed by atoms with E-state index in [0.717, 1.165) is 24.2 Å². The predicted octanol–water partition coefficient (Wildman–Crippen LogP) is 7.83. The van der Waals surface area contributed by atoms with Crippen molar-refractivity contribution >= 4 is 0 Å². The average molecular weight is 421 g/mol. The number of rotatable bonds is 21. The number of benzene rings is 1. The minimum Gasteiger partial charge on any atom is -0.497 e. The molecule has 0 saturated carbocycles. The van der Waals surface area contributed by atoms with Crippen molar-refractivity contribution in [2.45, 2.75) is 122 Å². The SMILES string of the molecule is CCCCCCCCCCCCCCCCC[C@@H](O)COCc1ccc(OC)cc1. The van der Waals surface area contributed by atoms with E-state index >= 15 is 0 Å². The van der Waals surface area contributed by atoms with Gasteiger partial charge < -0.3 is 14.6 Å². The molecule has 1 N–H and O–H groups in total. The van der Waals surface area contributed by atoms with Gasteiger partial charge in [0.1, 0.15) is 5.75 Å². The number of unbranched alkanes of at least 4 members (excludes halogenated alkanes) is 14. The van der Waals surface area contributed by atoms with Crippen LogP contribution in [0.5, 0.6) is 5.75 Å². The molecule has 0 aliphatic rings. The number of hydrogen-bond donors (Lipinski definition) is 1. The summed E-state index contributed by atoms with van der Waals surface area (Å²) in [6.45, 7) is 3.25. The van der Waals surface area contributed by atoms with Gasteiger partial charge in [0.05, 0.1) is 26.4 Å². The summed E-state index contributed by atoms with van der Waals surface area (Å²) in [5.41, 5.74) is 1.11. The zero-order chi connectivity index (χ0) is 21.7. The van der Waals surface area contributed by atoms with Gasteiger partial charge in [0.25, 0.3) is 0 Å². The largest absolute Gasteiger partial charge is 0.497 e. The highest BCUT2D eigenvalue weighted by Gasteiger charge is 2.04. The fourth-order valence-corrected chi connectivity index (χ4v) is 3.87. The lowest BCUT2D eigenvalue weighted by molar-refractivity contribution is 0.0233. The van der Waals surface area contributed by atoms with Crippen molar-refractivity contribution in [1.29, 1.82) is 0 Å². The van der Waals surface area contributed by atoms with Crippen molar-refractivity contribution < 1.29 is 14.6 Å². The maximum atomic E-state index is 10.1. The Balaban J connectivity index is 1.80. The molecule has 1 atom stereocenters. The molecule has 0 bridgehead atoms. The van der Waals surface area contributed by atoms with Crippen molar-refractivity contribution in [2.24, 2.45) is 0 Å². The molecule has 1 aromatic rings. The van der Waals surface area contributed by atoms with E-state index in [1.165, 1.54) is 89.9 Å². The number of aliphatic hydroxyl groups excluding tert-OH is 1. The molecule has 0 heterocycles. The van der Waals surface area contributed by atoms with E-state index in [1.54, 1.807) is 7.11 Å². The molecule has 0 unspecified atom stereocenters. The number of hydrogen-bond acceptors (Lipinski definition) is 3. The number of methoxy groups -OCH3 is 1. The fraction of sp³-hybridized carbons (Fsp3) is 0.778. The molecule has 0 spiro atoms. The van der Waals surface area contributed by atoms with Gasteiger partial charge in [-0.1, -0.05) is 115 Å². The first-order chi connectivity index (χ1) is 14.8. The van der Waals surface area contributed by atoms with Crippen LogP contribution in [0, 0.1) is 0 Å². The molecule has 0 radical (unpaired) electrons. The molecule has 0 amide bonds. The molecule has 1 rings (SSSR count). The first-order valence-corrected chi connectivity index (χ1v) is 12.6. The van der Waals surface area contributed by atoms with Gasteiger partial charge in [0.15, 0.2) is 0 Å². The summed E-state index contributed by atoms with van der Waals surface area (Å²) in [5.74, 6) is 0.854. The van der Waals surface area contributed by atoms with Crippen molar-refractivity contribution in [3.05, 3.63) is 29.8 Å². The van der Waals surface area contributed by atoms with Gasteiger partial charge in [0.2, 0.25) is 0 Å². The lowest BCUT2D eigenvalue weighted by Gasteiger charge is -2.11. The highest BCUT2D eigenvalue weighted by Crippen LogP contribution is 2.15. The second-order valence-corrected chi connectivity index (χ2v) is 8.76. The molecule has 30 heavy (non-hydrogen) atoms. The second kappa shape index (κ2) is 19.9. The van der Waals surface area contributed by atoms with Crippen LogP contribution in [0.15, 0.2) is 24.3 Å². The van der Waals surface area contributed by atoms with Crippen LogP contribution in [0.3, 0.4) is 0 Å². The third-order valence-electron chi connectivity index (χ3n) is 5.88. The Hall–Kier alpha value is -1.06. The van der Waals surface area contributed by atoms with E-state index in [-0.39, 0.29) is 6.10 Å². The van der Waals surface area contributed by atoms with Crippen molar-refractivity contribution in [3.8, 4) is 5.75 Å². The predicted molar refractivity (Wildman–Crippen MR) is 128 cm³/mol. The van der Waals surface area contributed by atoms with Crippen LogP contribution in [0.4, 0.5) is 0 Å². The molecule has 1 aromatic carbocycles. The minimum atomic E-state index is -0.342. The lowest BCUT2D eigenvalue weighted by atomic mass is 10.0. The molecular weight excluding hydrogens is 372 g/mol. The molecule has 0 fully saturated rings. The normalized spacial score (nSPS) is 12.2. The van der Waals surface area contributed by atoms with Crippen molar-refractivity contribution in [3.63, 3.8) is 0 Å². The molecule has 174 valence electrons. The van der Waals surface area contributed by atoms with Crippen molar-refractivity contribution in [2.75, 3.05) is 13.7 Å². The van der Waals surface area contributed by atoms with E-state index in [4.69, 9.17) is 9.47 Å². The maximum absolute atomic E-state index is 10.1. The Morgan fingerprint density at radius 3 is 1.63 bits per heavy atom. The smallest absolute Gasteiger partial charge is 0.118 e. The second-order valence-electron chi connectivity index (χ2n) is 8.76. The van der Waals surface area contributed by atoms with E-state index < -0.39 is 0 Å². The van der Waals surface area contributed by atoms with Gasteiger partial charge >= 0.3 is 0 Å². The lowest BCUT2D eigenvalue weighted by Crippen LogP contribution is -2.15. The summed E-state index contributed by atoms with van der Waals surface area (Å²) in [6.07, 6.45) is 21.1. The quantitative estimate of drug-likeness (QED) is 0.206. The summed E-state index contributed by atoms with van der Waals surface area (Å²) in [7, 11) is 1.67. The zero-order valence-electron chi connectivity index (χ0n) is 19.9. The molecule has 3 heteroatoms. The Morgan fingerprint density at radius 2 is 1.17 bits per heavy atom. The summed E-state index contributed by atoms with van der Waals surface area (Å²) in [4.78, 5) is 0. The fourth-order valence-electron chi connectivity index (χ4n) is 3.87. The Morgan fingerprint density at radius 1 is 0.700 bits per heavy atom. The van der Waals surface area contributed by atoms with Gasteiger partial charge in [-0.25, -0.2) is 0 Å². The number of aliphatic hydroxyl groups is 1. The summed E-state index contributed by atoms with van der Waals surface area (Å²) < 4.78 is 10.8. The number of ether oxygens (including phenoxy) is 2. The summed E-state index contributed by atoms with van der Waals surface area (Å²) in [5, 5.41) is 10.1. The topological polar surface area (TPSA) is 38.7 Å². The molecule has 0 aliphatic carbocycles. The van der Waals surface area contributed by atoms with E-state index in [9.17, 15) is 5.11 Å². The van der Waals surface area contributed by atoms with Crippen LogP contribution in [-0.2, 0) is 11.3 Å². The minimum absolute atomic E-state index is 0.342. The molecule has 0 aromatic heterocycles. The van der Waals surface area contributed by atoms with Crippen LogP contribution in [0.2, 0.25) is 0 Å². The van der Waals surface area contributed by atoms with E-state index in [0.29, 0.717) is 13.2 Å². The Kier molecular flexibility index (Phi) is 17.9. The first-order valence-electron chi connectivity index (χ1n) is 12.6. The zero-order valence-corrected chi connectivity index (χ0v) is 19.9. The van der Waals surface area contributed by atoms with Crippen LogP contribution in [0.1, 0.15) is 115 Å². The summed E-state index contributed by atoms with van der Waals surface area (Å²) in [6, 6.07) is 7.87. The standard InChI is InChI=1S/C27H48O3/c1-3-4-5-6-7-8-9-10-11-12-13-14-15-16-17-18-26(28)24-30-23-25-19-21-27(29-2)22-20-25/h19-22,26,28H,3-18,23-24H2,1-2H3/t26-/m1/s1. The van der Waals surface area contributed by atoms with Gasteiger partial charge in [0, 0.05) is 0 Å². The summed E-state index contributed by atoms with van der Waals surface area (Å²) >= 11 is 0. The molecule has 3 nitrogen and oxygen atoms in total. The van der Waals surface area contributed by atoms with Crippen molar-refractivity contribution in [1.82, 2.24) is 0 Å². The van der Waals surface area contributed by atoms with Crippen LogP contribution in [0.25, 0.3) is 0 Å². The highest BCUT2D eigenvalue weighted by molar-refractivity contribution is 5.26. The molecule has 0 saturated heterocycles. The van der Waals surface area contributed by atoms with E-state index in [2.05, 4.69) is 6.92 Å². The van der Waals surface area contributed by atoms with Crippen LogP contribution in [-0.4, -0.2) is 24.9 Å². The highest BCUT2D eigenvalue weighted by atomic mass is 16.5. The van der Waals surface area contributed by atoms with E-state index in [1.807, 2.05) is 24.3 Å². The van der Waals surface area contributed by atoms with Gasteiger partial charge in [-0.15, -0.1) is 0 Å². The van der Waals surface area contributed by atoms with Gasteiger partial charge in [-0.2, -0.15) is 0 Å². The van der Waals surface area contributed by atoms with Gasteiger partial charge in [-0.3, -0.25) is 0 Å². The van der Waals surface area contributed by atoms with Crippen LogP contribution >= 0.6 is 0 Å². The molecule has 0 aliphatic heterocycles. The third kappa shape index (κ3) is 15.7. The Labute approximate surface area is 186 Å². The first kappa shape index (κ1) is 27.0. The molecular formula is C27H48O3. The monoisotopic (exact) mass is 420 g/mol. The third-order valence-corrected chi connectivity index (χ3v) is 5.88. The Bertz CT molecular complexity index is 472. The van der Waals surface area contributed by atoms with Gasteiger partial charge in [-0.05, 0) is 24.1 Å². The maximum Gasteiger partial charge on any atom is 0.118 e. The average Bonchev–Trinajstić information content (AvgIpc) is 2.77.